The molecule has 0 saturated carbocycles. The molecule has 2 fully saturated rings. The Hall–Kier alpha value is -2.90. The number of carbonyl (C=O) groups excluding carboxylic acids is 2. The molecule has 2 saturated heterocycles. The summed E-state index contributed by atoms with van der Waals surface area (Å²) in [7, 11) is 0. The van der Waals surface area contributed by atoms with Crippen LogP contribution in [0.15, 0.2) is 23.9 Å². The van der Waals surface area contributed by atoms with Crippen molar-refractivity contribution in [3.05, 3.63) is 35.2 Å². The molecule has 1 aromatic rings. The van der Waals surface area contributed by atoms with Gasteiger partial charge in [-0.3, -0.25) is 9.78 Å². The molecule has 4 N–H and O–H groups in total. The molecular formula is C17H20N4O4. The van der Waals surface area contributed by atoms with Crippen LogP contribution in [0.4, 0.5) is 4.79 Å². The molecule has 1 unspecified atom stereocenters. The Bertz CT molecular complexity index is 787. The lowest BCUT2D eigenvalue weighted by molar-refractivity contribution is -0.154. The molecule has 2 aliphatic rings. The largest absolute Gasteiger partial charge is 0.480 e. The van der Waals surface area contributed by atoms with Gasteiger partial charge >= 0.3 is 12.0 Å². The number of aromatic nitrogens is 1. The van der Waals surface area contributed by atoms with Crippen LogP contribution in [0.25, 0.3) is 6.08 Å². The number of nitrogens with zero attached hydrogens (tertiary/aromatic N) is 2. The molecule has 3 amide bonds. The smallest absolute Gasteiger partial charge is 0.327 e. The van der Waals surface area contributed by atoms with Gasteiger partial charge in [-0.25, -0.2) is 9.59 Å². The summed E-state index contributed by atoms with van der Waals surface area (Å²) in [4.78, 5) is 40.4. The highest BCUT2D eigenvalue weighted by atomic mass is 16.4. The van der Waals surface area contributed by atoms with Gasteiger partial charge in [0.15, 0.2) is 0 Å². The fraction of sp³-hybridized carbons (Fsp3) is 0.412. The lowest BCUT2D eigenvalue weighted by atomic mass is 9.83. The van der Waals surface area contributed by atoms with E-state index in [-0.39, 0.29) is 18.5 Å². The number of hydrogen-bond acceptors (Lipinski definition) is 4. The number of amides is 3. The van der Waals surface area contributed by atoms with Crippen LogP contribution in [-0.4, -0.2) is 45.0 Å². The number of carboxylic acids is 1. The van der Waals surface area contributed by atoms with Crippen molar-refractivity contribution in [1.82, 2.24) is 15.2 Å². The van der Waals surface area contributed by atoms with Crippen LogP contribution < -0.4 is 11.1 Å². The summed E-state index contributed by atoms with van der Waals surface area (Å²) in [6, 6.07) is 1.88. The van der Waals surface area contributed by atoms with Gasteiger partial charge in [0.25, 0.3) is 5.91 Å². The minimum Gasteiger partial charge on any atom is -0.480 e. The Balaban J connectivity index is 1.82. The average molecular weight is 344 g/mol. The maximum Gasteiger partial charge on any atom is 0.327 e. The van der Waals surface area contributed by atoms with Crippen molar-refractivity contribution in [1.29, 1.82) is 0 Å². The maximum atomic E-state index is 12.4. The van der Waals surface area contributed by atoms with E-state index in [4.69, 9.17) is 5.73 Å². The number of β-lactam (4-membered cyclic amide) rings is 1. The van der Waals surface area contributed by atoms with Crippen molar-refractivity contribution in [3.63, 3.8) is 0 Å². The second-order valence-corrected chi connectivity index (χ2v) is 7.07. The summed E-state index contributed by atoms with van der Waals surface area (Å²) >= 11 is 0. The molecule has 8 nitrogen and oxygen atoms in total. The average Bonchev–Trinajstić information content (AvgIpc) is 2.79. The van der Waals surface area contributed by atoms with Gasteiger partial charge in [0.05, 0.1) is 11.7 Å². The van der Waals surface area contributed by atoms with Crippen molar-refractivity contribution in [2.45, 2.75) is 38.9 Å². The van der Waals surface area contributed by atoms with Crippen LogP contribution in [0.3, 0.4) is 0 Å². The Morgan fingerprint density at radius 1 is 1.52 bits per heavy atom. The van der Waals surface area contributed by atoms with Crippen molar-refractivity contribution in [2.75, 3.05) is 0 Å². The molecule has 0 radical (unpaired) electrons. The Labute approximate surface area is 144 Å². The van der Waals surface area contributed by atoms with Crippen LogP contribution in [0.5, 0.6) is 0 Å². The number of carbonyl (C=O) groups is 3. The summed E-state index contributed by atoms with van der Waals surface area (Å²) in [5, 5.41) is 11.9. The van der Waals surface area contributed by atoms with E-state index in [1.807, 2.05) is 13.8 Å². The van der Waals surface area contributed by atoms with Crippen LogP contribution >= 0.6 is 0 Å². The van der Waals surface area contributed by atoms with Crippen LogP contribution in [-0.2, 0) is 16.1 Å². The minimum atomic E-state index is -0.974. The second kappa shape index (κ2) is 5.87. The third-order valence-corrected chi connectivity index (χ3v) is 4.76. The lowest BCUT2D eigenvalue weighted by Gasteiger charge is -2.40. The Morgan fingerprint density at radius 2 is 2.24 bits per heavy atom. The van der Waals surface area contributed by atoms with Crippen LogP contribution in [0.1, 0.15) is 31.5 Å². The predicted octanol–water partition coefficient (Wildman–Crippen LogP) is 0.727. The topological polar surface area (TPSA) is 126 Å². The quantitative estimate of drug-likeness (QED) is 0.548. The van der Waals surface area contributed by atoms with Crippen molar-refractivity contribution in [2.24, 2.45) is 11.1 Å². The molecule has 132 valence electrons. The van der Waals surface area contributed by atoms with Gasteiger partial charge in [-0.2, -0.15) is 0 Å². The number of primary amides is 1. The zero-order chi connectivity index (χ0) is 18.4. The van der Waals surface area contributed by atoms with E-state index in [2.05, 4.69) is 10.3 Å². The summed E-state index contributed by atoms with van der Waals surface area (Å²) in [5.41, 5.74) is 6.53. The van der Waals surface area contributed by atoms with E-state index in [0.29, 0.717) is 17.7 Å². The molecule has 1 aromatic heterocycles. The second-order valence-electron chi connectivity index (χ2n) is 7.07. The highest BCUT2D eigenvalue weighted by Crippen LogP contribution is 2.49. The van der Waals surface area contributed by atoms with Gasteiger partial charge in [0.2, 0.25) is 0 Å². The van der Waals surface area contributed by atoms with Crippen molar-refractivity contribution in [3.8, 4) is 0 Å². The van der Waals surface area contributed by atoms with E-state index in [1.165, 1.54) is 4.90 Å². The highest BCUT2D eigenvalue weighted by Gasteiger charge is 2.60. The normalized spacial score (nSPS) is 25.4. The summed E-state index contributed by atoms with van der Waals surface area (Å²) in [5.74, 6) is -1.23. The molecule has 0 aliphatic carbocycles. The van der Waals surface area contributed by atoms with Gasteiger partial charge in [-0.1, -0.05) is 13.8 Å². The number of nitrogens with one attached hydrogen (secondary N) is 1. The van der Waals surface area contributed by atoms with E-state index < -0.39 is 23.5 Å². The van der Waals surface area contributed by atoms with E-state index in [9.17, 15) is 19.5 Å². The molecule has 2 atom stereocenters. The number of fused-ring (bicyclic) bond motifs is 1. The lowest BCUT2D eigenvalue weighted by Crippen LogP contribution is -2.57. The molecule has 8 heteroatoms. The molecule has 0 spiro atoms. The van der Waals surface area contributed by atoms with Gasteiger partial charge in [-0.05, 0) is 35.6 Å². The molecule has 2 aliphatic heterocycles. The number of pyridine rings is 1. The maximum absolute atomic E-state index is 12.4. The summed E-state index contributed by atoms with van der Waals surface area (Å²) < 4.78 is 0. The molecular weight excluding hydrogens is 324 g/mol. The first-order chi connectivity index (χ1) is 11.7. The summed E-state index contributed by atoms with van der Waals surface area (Å²) in [6.45, 7) is 4.00. The zero-order valence-electron chi connectivity index (χ0n) is 14.0. The number of nitrogens with two attached hydrogens (primary N) is 1. The Kier molecular flexibility index (Phi) is 3.98. The molecule has 0 aromatic carbocycles. The van der Waals surface area contributed by atoms with Gasteiger partial charge in [0, 0.05) is 18.3 Å². The molecule has 25 heavy (non-hydrogen) atoms. The minimum absolute atomic E-state index is 0.196. The van der Waals surface area contributed by atoms with Gasteiger partial charge < -0.3 is 21.1 Å². The fourth-order valence-electron chi connectivity index (χ4n) is 3.65. The Morgan fingerprint density at radius 3 is 2.88 bits per heavy atom. The predicted molar refractivity (Wildman–Crippen MR) is 89.1 cm³/mol. The summed E-state index contributed by atoms with van der Waals surface area (Å²) in [6.07, 6.45) is 3.88. The van der Waals surface area contributed by atoms with Crippen LogP contribution in [0, 0.1) is 5.41 Å². The number of rotatable bonds is 4. The van der Waals surface area contributed by atoms with Gasteiger partial charge in [0.1, 0.15) is 6.04 Å². The molecule has 0 bridgehead atoms. The van der Waals surface area contributed by atoms with E-state index >= 15 is 0 Å². The van der Waals surface area contributed by atoms with Crippen LogP contribution in [0.2, 0.25) is 0 Å². The highest BCUT2D eigenvalue weighted by molar-refractivity contribution is 6.08. The van der Waals surface area contributed by atoms with Crippen molar-refractivity contribution >= 4 is 24.0 Å². The number of hydrogen-bond donors (Lipinski definition) is 3. The third kappa shape index (κ3) is 2.95. The third-order valence-electron chi connectivity index (χ3n) is 4.76. The molecule has 3 heterocycles. The first-order valence-corrected chi connectivity index (χ1v) is 7.96. The monoisotopic (exact) mass is 344 g/mol. The number of carboxylic acid groups (broad SMARTS) is 1. The first-order valence-electron chi connectivity index (χ1n) is 7.96. The molecule has 3 rings (SSSR count). The van der Waals surface area contributed by atoms with E-state index in [0.717, 1.165) is 5.56 Å². The standard InChI is InChI=1S/C17H20N4O4/c1-17(2)7-12-11(14(22)21(12)13(17)15(23)24)6-10-5-9(3-4-19-10)8-20-16(18)25/h3-6,12-13H,7-8H2,1-2H3,(H,23,24)(H3,18,20,25)/b11-6+/t12?,13-/m0/s1. The first kappa shape index (κ1) is 16.9. The fourth-order valence-corrected chi connectivity index (χ4v) is 3.65. The number of urea groups is 1. The van der Waals surface area contributed by atoms with Gasteiger partial charge in [-0.15, -0.1) is 0 Å². The van der Waals surface area contributed by atoms with Crippen molar-refractivity contribution < 1.29 is 19.5 Å². The SMILES string of the molecule is CC1(C)CC2/C(=C\c3cc(CNC(N)=O)ccn3)C(=O)N2[C@H]1C(=O)O. The zero-order valence-corrected chi connectivity index (χ0v) is 14.0. The number of aliphatic carboxylic acids is 1. The van der Waals surface area contributed by atoms with E-state index in [1.54, 1.807) is 24.4 Å².